The van der Waals surface area contributed by atoms with Crippen LogP contribution in [0.25, 0.3) is 0 Å². The molecule has 0 aliphatic rings. The minimum Gasteiger partial charge on any atom is -0.394 e. The summed E-state index contributed by atoms with van der Waals surface area (Å²) in [5, 5.41) is 4.35. The lowest BCUT2D eigenvalue weighted by Crippen LogP contribution is -2.49. The first kappa shape index (κ1) is 13.2. The van der Waals surface area contributed by atoms with Gasteiger partial charge in [-0.2, -0.15) is 0 Å². The number of hydrogen-bond donors (Lipinski definition) is 2. The van der Waals surface area contributed by atoms with Crippen molar-refractivity contribution in [1.29, 1.82) is 0 Å². The number of nitrogens with two attached hydrogens (primary N) is 1. The lowest BCUT2D eigenvalue weighted by Gasteiger charge is -2.23. The largest absolute Gasteiger partial charge is 0.394 e. The molecule has 90 valence electrons. The molecular weight excluding hydrogens is 220 g/mol. The van der Waals surface area contributed by atoms with E-state index in [1.54, 1.807) is 14.2 Å². The Kier molecular flexibility index (Phi) is 4.95. The number of rotatable bonds is 6. The van der Waals surface area contributed by atoms with Crippen molar-refractivity contribution in [3.05, 3.63) is 24.3 Å². The van der Waals surface area contributed by atoms with Crippen LogP contribution in [0.4, 0.5) is 5.69 Å². The lowest BCUT2D eigenvalue weighted by molar-refractivity contribution is 0.265. The highest BCUT2D eigenvalue weighted by Crippen LogP contribution is 2.10. The summed E-state index contributed by atoms with van der Waals surface area (Å²) in [6.07, 6.45) is 0. The first-order valence-electron chi connectivity index (χ1n) is 5.31. The molecule has 3 N–H and O–H groups in total. The van der Waals surface area contributed by atoms with Crippen molar-refractivity contribution in [1.82, 2.24) is 0 Å². The maximum atomic E-state index is 5.50. The van der Waals surface area contributed by atoms with Crippen LogP contribution in [0.3, 0.4) is 0 Å². The van der Waals surface area contributed by atoms with Crippen LogP contribution in [0.2, 0.25) is 6.55 Å². The van der Waals surface area contributed by atoms with Gasteiger partial charge in [0.25, 0.3) is 0 Å². The third-order valence-corrected chi connectivity index (χ3v) is 5.56. The van der Waals surface area contributed by atoms with Crippen LogP contribution in [0.5, 0.6) is 0 Å². The highest BCUT2D eigenvalue weighted by atomic mass is 28.4. The fourth-order valence-corrected chi connectivity index (χ4v) is 2.90. The summed E-state index contributed by atoms with van der Waals surface area (Å²) in [5.41, 5.74) is 6.50. The molecule has 0 aliphatic carbocycles. The second kappa shape index (κ2) is 6.00. The maximum absolute atomic E-state index is 5.50. The fourth-order valence-electron chi connectivity index (χ4n) is 1.45. The zero-order valence-corrected chi connectivity index (χ0v) is 11.1. The zero-order valence-electron chi connectivity index (χ0n) is 10.1. The Morgan fingerprint density at radius 2 is 2.00 bits per heavy atom. The van der Waals surface area contributed by atoms with E-state index < -0.39 is 8.56 Å². The van der Waals surface area contributed by atoms with Gasteiger partial charge in [-0.05, 0) is 23.9 Å². The van der Waals surface area contributed by atoms with E-state index in [-0.39, 0.29) is 0 Å². The Hall–Kier alpha value is -0.883. The Morgan fingerprint density at radius 3 is 2.56 bits per heavy atom. The molecule has 0 spiro atoms. The van der Waals surface area contributed by atoms with Crippen molar-refractivity contribution in [3.63, 3.8) is 0 Å². The zero-order chi connectivity index (χ0) is 12.0. The van der Waals surface area contributed by atoms with Crippen LogP contribution in [0, 0.1) is 0 Å². The van der Waals surface area contributed by atoms with Gasteiger partial charge in [-0.3, -0.25) is 0 Å². The van der Waals surface area contributed by atoms with Crippen molar-refractivity contribution >= 4 is 19.4 Å². The van der Waals surface area contributed by atoms with E-state index in [1.807, 2.05) is 24.7 Å². The molecule has 5 heteroatoms. The highest BCUT2D eigenvalue weighted by Gasteiger charge is 2.31. The molecule has 0 fully saturated rings. The monoisotopic (exact) mass is 240 g/mol. The normalized spacial score (nSPS) is 11.5. The second-order valence-electron chi connectivity index (χ2n) is 3.65. The average molecular weight is 240 g/mol. The third-order valence-electron chi connectivity index (χ3n) is 2.64. The van der Waals surface area contributed by atoms with E-state index in [1.165, 1.54) is 0 Å². The van der Waals surface area contributed by atoms with Crippen LogP contribution in [0.1, 0.15) is 0 Å². The SMILES string of the molecule is CO[Si](C)(OC)c1cccc(NCCN)c1. The van der Waals surface area contributed by atoms with Crippen LogP contribution >= 0.6 is 0 Å². The van der Waals surface area contributed by atoms with Crippen molar-refractivity contribution < 1.29 is 8.85 Å². The predicted molar refractivity (Wildman–Crippen MR) is 69.3 cm³/mol. The molecule has 0 aromatic heterocycles. The minimum absolute atomic E-state index is 0.619. The summed E-state index contributed by atoms with van der Waals surface area (Å²) in [4.78, 5) is 0. The minimum atomic E-state index is -2.22. The van der Waals surface area contributed by atoms with E-state index in [4.69, 9.17) is 14.6 Å². The molecule has 1 rings (SSSR count). The standard InChI is InChI=1S/C11H20N2O2Si/c1-14-16(3,15-2)11-6-4-5-10(9-11)13-8-7-12/h4-6,9,13H,7-8,12H2,1-3H3. The summed E-state index contributed by atoms with van der Waals surface area (Å²) >= 11 is 0. The molecule has 0 heterocycles. The quantitative estimate of drug-likeness (QED) is 0.716. The number of benzene rings is 1. The van der Waals surface area contributed by atoms with Crippen molar-refractivity contribution in [3.8, 4) is 0 Å². The molecule has 0 atom stereocenters. The molecule has 0 saturated heterocycles. The first-order valence-corrected chi connectivity index (χ1v) is 7.62. The second-order valence-corrected chi connectivity index (χ2v) is 6.94. The van der Waals surface area contributed by atoms with Gasteiger partial charge in [-0.25, -0.2) is 0 Å². The van der Waals surface area contributed by atoms with Crippen molar-refractivity contribution in [2.75, 3.05) is 32.6 Å². The molecule has 0 aliphatic heterocycles. The number of anilines is 1. The summed E-state index contributed by atoms with van der Waals surface area (Å²) in [7, 11) is 1.17. The molecule has 4 nitrogen and oxygen atoms in total. The van der Waals surface area contributed by atoms with E-state index in [9.17, 15) is 0 Å². The summed E-state index contributed by atoms with van der Waals surface area (Å²) in [6, 6.07) is 8.11. The van der Waals surface area contributed by atoms with Gasteiger partial charge in [0.2, 0.25) is 0 Å². The molecule has 0 bridgehead atoms. The Morgan fingerprint density at radius 1 is 1.31 bits per heavy atom. The smallest absolute Gasteiger partial charge is 0.368 e. The van der Waals surface area contributed by atoms with Gasteiger partial charge in [0.1, 0.15) is 0 Å². The summed E-state index contributed by atoms with van der Waals surface area (Å²) in [5.74, 6) is 0. The van der Waals surface area contributed by atoms with Gasteiger partial charge in [0, 0.05) is 33.0 Å². The molecule has 1 aromatic carbocycles. The van der Waals surface area contributed by atoms with Crippen LogP contribution in [-0.2, 0) is 8.85 Å². The topological polar surface area (TPSA) is 56.5 Å². The van der Waals surface area contributed by atoms with Crippen LogP contribution in [0.15, 0.2) is 24.3 Å². The van der Waals surface area contributed by atoms with Gasteiger partial charge in [-0.15, -0.1) is 0 Å². The highest BCUT2D eigenvalue weighted by molar-refractivity contribution is 6.79. The van der Waals surface area contributed by atoms with E-state index in [0.717, 1.165) is 17.4 Å². The van der Waals surface area contributed by atoms with Gasteiger partial charge < -0.3 is 19.9 Å². The Labute approximate surface area is 98.0 Å². The van der Waals surface area contributed by atoms with Crippen LogP contribution < -0.4 is 16.2 Å². The third kappa shape index (κ3) is 3.05. The first-order chi connectivity index (χ1) is 7.66. The molecule has 1 aromatic rings. The molecular formula is C11H20N2O2Si. The Bertz CT molecular complexity index is 330. The molecule has 0 amide bonds. The van der Waals surface area contributed by atoms with Crippen LogP contribution in [-0.4, -0.2) is 35.9 Å². The fraction of sp³-hybridized carbons (Fsp3) is 0.455. The van der Waals surface area contributed by atoms with Gasteiger partial charge in [0.05, 0.1) is 0 Å². The van der Waals surface area contributed by atoms with E-state index in [2.05, 4.69) is 11.4 Å². The number of nitrogens with one attached hydrogen (secondary N) is 1. The summed E-state index contributed by atoms with van der Waals surface area (Å²) < 4.78 is 11.0. The van der Waals surface area contributed by atoms with E-state index in [0.29, 0.717) is 6.54 Å². The van der Waals surface area contributed by atoms with Gasteiger partial charge >= 0.3 is 8.56 Å². The van der Waals surface area contributed by atoms with Gasteiger partial charge in [0.15, 0.2) is 0 Å². The number of hydrogen-bond acceptors (Lipinski definition) is 4. The van der Waals surface area contributed by atoms with Crippen molar-refractivity contribution in [2.24, 2.45) is 5.73 Å². The predicted octanol–water partition coefficient (Wildman–Crippen LogP) is 0.629. The Balaban J connectivity index is 2.88. The lowest BCUT2D eigenvalue weighted by atomic mass is 10.3. The molecule has 0 unspecified atom stereocenters. The van der Waals surface area contributed by atoms with Gasteiger partial charge in [-0.1, -0.05) is 12.1 Å². The molecule has 0 saturated carbocycles. The molecule has 0 radical (unpaired) electrons. The molecule has 16 heavy (non-hydrogen) atoms. The average Bonchev–Trinajstić information content (AvgIpc) is 2.35. The van der Waals surface area contributed by atoms with E-state index >= 15 is 0 Å². The summed E-state index contributed by atoms with van der Waals surface area (Å²) in [6.45, 7) is 3.41. The maximum Gasteiger partial charge on any atom is 0.368 e. The van der Waals surface area contributed by atoms with Crippen molar-refractivity contribution in [2.45, 2.75) is 6.55 Å².